The molecule has 0 radical (unpaired) electrons. The average molecular weight is 270 g/mol. The highest BCUT2D eigenvalue weighted by Crippen LogP contribution is 2.39. The molecular formula is C15H26O4. The van der Waals surface area contributed by atoms with E-state index in [9.17, 15) is 9.59 Å². The second-order valence-corrected chi connectivity index (χ2v) is 6.15. The van der Waals surface area contributed by atoms with Gasteiger partial charge in [-0.1, -0.05) is 33.6 Å². The van der Waals surface area contributed by atoms with Crippen LogP contribution in [0.25, 0.3) is 0 Å². The Bertz CT molecular complexity index is 309. The summed E-state index contributed by atoms with van der Waals surface area (Å²) < 4.78 is 9.81. The van der Waals surface area contributed by atoms with Crippen molar-refractivity contribution in [1.29, 1.82) is 0 Å². The SMILES string of the molecule is CCC(=O)OCC(=O)OCCC1CCCC(C)(C)C1. The number of carbonyl (C=O) groups is 2. The molecule has 0 N–H and O–H groups in total. The van der Waals surface area contributed by atoms with Crippen LogP contribution in [0.2, 0.25) is 0 Å². The van der Waals surface area contributed by atoms with Crippen molar-refractivity contribution >= 4 is 11.9 Å². The van der Waals surface area contributed by atoms with E-state index < -0.39 is 5.97 Å². The van der Waals surface area contributed by atoms with Crippen molar-refractivity contribution in [2.45, 2.75) is 59.3 Å². The Morgan fingerprint density at radius 3 is 2.58 bits per heavy atom. The van der Waals surface area contributed by atoms with Crippen molar-refractivity contribution in [3.05, 3.63) is 0 Å². The Labute approximate surface area is 115 Å². The summed E-state index contributed by atoms with van der Waals surface area (Å²) >= 11 is 0. The highest BCUT2D eigenvalue weighted by atomic mass is 16.6. The van der Waals surface area contributed by atoms with Crippen LogP contribution in [0.3, 0.4) is 0 Å². The van der Waals surface area contributed by atoms with Gasteiger partial charge in [0.05, 0.1) is 6.61 Å². The largest absolute Gasteiger partial charge is 0.463 e. The lowest BCUT2D eigenvalue weighted by Gasteiger charge is -2.35. The van der Waals surface area contributed by atoms with Crippen molar-refractivity contribution in [2.24, 2.45) is 11.3 Å². The maximum absolute atomic E-state index is 11.3. The van der Waals surface area contributed by atoms with Crippen LogP contribution in [0.5, 0.6) is 0 Å². The van der Waals surface area contributed by atoms with Crippen molar-refractivity contribution in [2.75, 3.05) is 13.2 Å². The molecule has 0 bridgehead atoms. The maximum atomic E-state index is 11.3. The summed E-state index contributed by atoms with van der Waals surface area (Å²) in [5.41, 5.74) is 0.420. The summed E-state index contributed by atoms with van der Waals surface area (Å²) in [4.78, 5) is 22.2. The highest BCUT2D eigenvalue weighted by molar-refractivity contribution is 5.76. The van der Waals surface area contributed by atoms with E-state index >= 15 is 0 Å². The number of esters is 2. The fraction of sp³-hybridized carbons (Fsp3) is 0.867. The van der Waals surface area contributed by atoms with E-state index in [1.54, 1.807) is 6.92 Å². The van der Waals surface area contributed by atoms with Crippen LogP contribution >= 0.6 is 0 Å². The van der Waals surface area contributed by atoms with Gasteiger partial charge in [0.2, 0.25) is 0 Å². The van der Waals surface area contributed by atoms with Crippen molar-refractivity contribution < 1.29 is 19.1 Å². The molecule has 1 aliphatic carbocycles. The third-order valence-electron chi connectivity index (χ3n) is 3.74. The van der Waals surface area contributed by atoms with Gasteiger partial charge in [-0.3, -0.25) is 4.79 Å². The topological polar surface area (TPSA) is 52.6 Å². The summed E-state index contributed by atoms with van der Waals surface area (Å²) in [5.74, 6) is -0.169. The highest BCUT2D eigenvalue weighted by Gasteiger charge is 2.27. The molecule has 19 heavy (non-hydrogen) atoms. The van der Waals surface area contributed by atoms with Crippen LogP contribution in [0.1, 0.15) is 59.3 Å². The Morgan fingerprint density at radius 2 is 1.95 bits per heavy atom. The molecule has 1 atom stereocenters. The van der Waals surface area contributed by atoms with Crippen molar-refractivity contribution in [3.63, 3.8) is 0 Å². The van der Waals surface area contributed by atoms with Gasteiger partial charge in [0, 0.05) is 6.42 Å². The predicted molar refractivity (Wildman–Crippen MR) is 72.6 cm³/mol. The van der Waals surface area contributed by atoms with Crippen LogP contribution in [0.4, 0.5) is 0 Å². The lowest BCUT2D eigenvalue weighted by Crippen LogP contribution is -2.24. The molecule has 1 saturated carbocycles. The van der Waals surface area contributed by atoms with Crippen LogP contribution < -0.4 is 0 Å². The minimum atomic E-state index is -0.447. The molecule has 0 aromatic rings. The average Bonchev–Trinajstić information content (AvgIpc) is 2.34. The van der Waals surface area contributed by atoms with Gasteiger partial charge in [-0.05, 0) is 30.6 Å². The number of carbonyl (C=O) groups excluding carboxylic acids is 2. The van der Waals surface area contributed by atoms with E-state index in [4.69, 9.17) is 9.47 Å². The first-order valence-electron chi connectivity index (χ1n) is 7.24. The maximum Gasteiger partial charge on any atom is 0.344 e. The summed E-state index contributed by atoms with van der Waals surface area (Å²) in [6.07, 6.45) is 6.18. The van der Waals surface area contributed by atoms with E-state index in [1.165, 1.54) is 25.7 Å². The Balaban J connectivity index is 2.12. The molecule has 4 nitrogen and oxygen atoms in total. The fourth-order valence-corrected chi connectivity index (χ4v) is 2.72. The van der Waals surface area contributed by atoms with E-state index in [0.717, 1.165) is 6.42 Å². The van der Waals surface area contributed by atoms with Gasteiger partial charge >= 0.3 is 11.9 Å². The van der Waals surface area contributed by atoms with Gasteiger partial charge in [0.1, 0.15) is 0 Å². The minimum Gasteiger partial charge on any atom is -0.463 e. The van der Waals surface area contributed by atoms with E-state index in [0.29, 0.717) is 17.9 Å². The monoisotopic (exact) mass is 270 g/mol. The van der Waals surface area contributed by atoms with Gasteiger partial charge in [-0.25, -0.2) is 4.79 Å². The first kappa shape index (κ1) is 16.0. The van der Waals surface area contributed by atoms with E-state index in [-0.39, 0.29) is 19.0 Å². The van der Waals surface area contributed by atoms with Crippen molar-refractivity contribution in [3.8, 4) is 0 Å². The van der Waals surface area contributed by atoms with Gasteiger partial charge in [-0.15, -0.1) is 0 Å². The quantitative estimate of drug-likeness (QED) is 0.696. The number of hydrogen-bond acceptors (Lipinski definition) is 4. The third kappa shape index (κ3) is 6.60. The lowest BCUT2D eigenvalue weighted by molar-refractivity contribution is -0.158. The van der Waals surface area contributed by atoms with Gasteiger partial charge in [0.15, 0.2) is 6.61 Å². The molecule has 0 spiro atoms. The summed E-state index contributed by atoms with van der Waals surface area (Å²) in [6.45, 7) is 6.47. The number of ether oxygens (including phenoxy) is 2. The van der Waals surface area contributed by atoms with Crippen LogP contribution in [0, 0.1) is 11.3 Å². The normalized spacial score (nSPS) is 21.7. The smallest absolute Gasteiger partial charge is 0.344 e. The van der Waals surface area contributed by atoms with Gasteiger partial charge < -0.3 is 9.47 Å². The molecule has 1 unspecified atom stereocenters. The minimum absolute atomic E-state index is 0.261. The molecule has 1 fully saturated rings. The molecule has 110 valence electrons. The van der Waals surface area contributed by atoms with Gasteiger partial charge in [0.25, 0.3) is 0 Å². The molecule has 0 amide bonds. The fourth-order valence-electron chi connectivity index (χ4n) is 2.72. The molecule has 0 aromatic carbocycles. The van der Waals surface area contributed by atoms with Crippen LogP contribution in [-0.4, -0.2) is 25.2 Å². The Hall–Kier alpha value is -1.06. The summed E-state index contributed by atoms with van der Waals surface area (Å²) in [6, 6.07) is 0. The predicted octanol–water partition coefficient (Wildman–Crippen LogP) is 3.09. The van der Waals surface area contributed by atoms with Crippen LogP contribution in [-0.2, 0) is 19.1 Å². The molecule has 1 aliphatic rings. The number of hydrogen-bond donors (Lipinski definition) is 0. The summed E-state index contributed by atoms with van der Waals surface area (Å²) in [5, 5.41) is 0. The zero-order valence-corrected chi connectivity index (χ0v) is 12.4. The summed E-state index contributed by atoms with van der Waals surface area (Å²) in [7, 11) is 0. The molecule has 0 aliphatic heterocycles. The van der Waals surface area contributed by atoms with E-state index in [1.807, 2.05) is 0 Å². The van der Waals surface area contributed by atoms with Crippen LogP contribution in [0.15, 0.2) is 0 Å². The van der Waals surface area contributed by atoms with Crippen molar-refractivity contribution in [1.82, 2.24) is 0 Å². The molecule has 1 rings (SSSR count). The zero-order chi connectivity index (χ0) is 14.3. The first-order chi connectivity index (χ1) is 8.93. The van der Waals surface area contributed by atoms with Gasteiger partial charge in [-0.2, -0.15) is 0 Å². The second kappa shape index (κ2) is 7.51. The second-order valence-electron chi connectivity index (χ2n) is 6.15. The molecule has 0 saturated heterocycles. The molecule has 0 heterocycles. The standard InChI is InChI=1S/C15H26O4/c1-4-13(16)19-11-14(17)18-9-7-12-6-5-8-15(2,3)10-12/h12H,4-11H2,1-3H3. The Morgan fingerprint density at radius 1 is 1.21 bits per heavy atom. The lowest BCUT2D eigenvalue weighted by atomic mass is 9.71. The third-order valence-corrected chi connectivity index (χ3v) is 3.74. The molecule has 0 aromatic heterocycles. The first-order valence-corrected chi connectivity index (χ1v) is 7.24. The number of rotatable bonds is 6. The molecule has 4 heteroatoms. The zero-order valence-electron chi connectivity index (χ0n) is 12.4. The Kier molecular flexibility index (Phi) is 6.32. The van der Waals surface area contributed by atoms with E-state index in [2.05, 4.69) is 13.8 Å². The molecular weight excluding hydrogens is 244 g/mol.